The van der Waals surface area contributed by atoms with Gasteiger partial charge >= 0.3 is 0 Å². The van der Waals surface area contributed by atoms with Crippen LogP contribution in [0.1, 0.15) is 24.0 Å². The second-order valence-corrected chi connectivity index (χ2v) is 5.23. The molecule has 1 heterocycles. The molecule has 0 radical (unpaired) electrons. The molecule has 2 rings (SSSR count). The molecule has 1 aliphatic rings. The van der Waals surface area contributed by atoms with Gasteiger partial charge in [-0.2, -0.15) is 0 Å². The third-order valence-corrected chi connectivity index (χ3v) is 3.71. The molecule has 17 heavy (non-hydrogen) atoms. The summed E-state index contributed by atoms with van der Waals surface area (Å²) in [6.07, 6.45) is 3.81. The van der Waals surface area contributed by atoms with Crippen molar-refractivity contribution in [3.05, 3.63) is 35.4 Å². The Kier molecular flexibility index (Phi) is 4.57. The number of hydrogen-bond donors (Lipinski definition) is 1. The average Bonchev–Trinajstić information content (AvgIpc) is 2.32. The van der Waals surface area contributed by atoms with Crippen LogP contribution in [0.25, 0.3) is 0 Å². The standard InChI is InChI=1S/C15H24N2/c1-13-6-3-4-7-14(13)9-10-16-15-8-5-11-17(2)12-15/h3-4,6-7,15-16H,5,8-12H2,1-2H3. The summed E-state index contributed by atoms with van der Waals surface area (Å²) >= 11 is 0. The van der Waals surface area contributed by atoms with E-state index in [1.165, 1.54) is 37.1 Å². The van der Waals surface area contributed by atoms with Gasteiger partial charge in [0, 0.05) is 12.6 Å². The van der Waals surface area contributed by atoms with Crippen LogP contribution in [0.5, 0.6) is 0 Å². The number of nitrogens with one attached hydrogen (secondary N) is 1. The lowest BCUT2D eigenvalue weighted by Crippen LogP contribution is -2.44. The van der Waals surface area contributed by atoms with Crippen LogP contribution in [0.2, 0.25) is 0 Å². The molecule has 2 heteroatoms. The quantitative estimate of drug-likeness (QED) is 0.856. The summed E-state index contributed by atoms with van der Waals surface area (Å²) in [4.78, 5) is 2.43. The topological polar surface area (TPSA) is 15.3 Å². The molecular weight excluding hydrogens is 208 g/mol. The zero-order chi connectivity index (χ0) is 12.1. The van der Waals surface area contributed by atoms with Crippen LogP contribution < -0.4 is 5.32 Å². The lowest BCUT2D eigenvalue weighted by molar-refractivity contribution is 0.228. The summed E-state index contributed by atoms with van der Waals surface area (Å²) in [5.41, 5.74) is 2.89. The number of rotatable bonds is 4. The molecule has 0 saturated carbocycles. The van der Waals surface area contributed by atoms with Gasteiger partial charge in [0.25, 0.3) is 0 Å². The number of likely N-dealkylation sites (N-methyl/N-ethyl adjacent to an activating group) is 1. The number of aryl methyl sites for hydroxylation is 1. The number of nitrogens with zero attached hydrogens (tertiary/aromatic N) is 1. The Labute approximate surface area is 105 Å². The second-order valence-electron chi connectivity index (χ2n) is 5.23. The SMILES string of the molecule is Cc1ccccc1CCNC1CCCN(C)C1. The fourth-order valence-electron chi connectivity index (χ4n) is 2.63. The van der Waals surface area contributed by atoms with Gasteiger partial charge in [-0.05, 0) is 57.5 Å². The van der Waals surface area contributed by atoms with Crippen LogP contribution in [0, 0.1) is 6.92 Å². The van der Waals surface area contributed by atoms with Crippen molar-refractivity contribution in [3.63, 3.8) is 0 Å². The van der Waals surface area contributed by atoms with Crippen molar-refractivity contribution >= 4 is 0 Å². The monoisotopic (exact) mass is 232 g/mol. The van der Waals surface area contributed by atoms with Gasteiger partial charge in [0.2, 0.25) is 0 Å². The molecule has 0 bridgehead atoms. The van der Waals surface area contributed by atoms with E-state index in [9.17, 15) is 0 Å². The van der Waals surface area contributed by atoms with Gasteiger partial charge < -0.3 is 10.2 Å². The third kappa shape index (κ3) is 3.83. The van der Waals surface area contributed by atoms with Gasteiger partial charge in [-0.15, -0.1) is 0 Å². The number of piperidine rings is 1. The Morgan fingerprint density at radius 1 is 1.35 bits per heavy atom. The van der Waals surface area contributed by atoms with E-state index in [0.29, 0.717) is 6.04 Å². The lowest BCUT2D eigenvalue weighted by atomic mass is 10.0. The molecule has 1 aliphatic heterocycles. The van der Waals surface area contributed by atoms with Crippen LogP contribution in [-0.2, 0) is 6.42 Å². The fraction of sp³-hybridized carbons (Fsp3) is 0.600. The summed E-state index contributed by atoms with van der Waals surface area (Å²) in [5, 5.41) is 3.69. The molecular formula is C15H24N2. The predicted octanol–water partition coefficient (Wildman–Crippen LogP) is 2.22. The summed E-state index contributed by atoms with van der Waals surface area (Å²) < 4.78 is 0. The van der Waals surface area contributed by atoms with Crippen molar-refractivity contribution < 1.29 is 0 Å². The van der Waals surface area contributed by atoms with Gasteiger partial charge in [0.15, 0.2) is 0 Å². The van der Waals surface area contributed by atoms with Crippen molar-refractivity contribution in [2.75, 3.05) is 26.7 Å². The van der Waals surface area contributed by atoms with Crippen LogP contribution in [0.15, 0.2) is 24.3 Å². The zero-order valence-electron chi connectivity index (χ0n) is 11.1. The molecule has 0 spiro atoms. The maximum absolute atomic E-state index is 3.69. The first-order chi connectivity index (χ1) is 8.25. The Morgan fingerprint density at radius 2 is 2.18 bits per heavy atom. The van der Waals surface area contributed by atoms with E-state index >= 15 is 0 Å². The summed E-state index contributed by atoms with van der Waals surface area (Å²) in [6.45, 7) is 5.76. The van der Waals surface area contributed by atoms with E-state index in [2.05, 4.69) is 48.5 Å². The van der Waals surface area contributed by atoms with Gasteiger partial charge in [-0.25, -0.2) is 0 Å². The highest BCUT2D eigenvalue weighted by Crippen LogP contribution is 2.09. The first kappa shape index (κ1) is 12.6. The van der Waals surface area contributed by atoms with Crippen molar-refractivity contribution in [1.82, 2.24) is 10.2 Å². The summed E-state index contributed by atoms with van der Waals surface area (Å²) in [5.74, 6) is 0. The molecule has 0 aromatic heterocycles. The van der Waals surface area contributed by atoms with Crippen molar-refractivity contribution in [2.45, 2.75) is 32.2 Å². The minimum Gasteiger partial charge on any atom is -0.312 e. The van der Waals surface area contributed by atoms with Crippen molar-refractivity contribution in [1.29, 1.82) is 0 Å². The van der Waals surface area contributed by atoms with Gasteiger partial charge in [0.05, 0.1) is 0 Å². The molecule has 0 amide bonds. The highest BCUT2D eigenvalue weighted by molar-refractivity contribution is 5.25. The first-order valence-electron chi connectivity index (χ1n) is 6.72. The Balaban J connectivity index is 1.74. The Hall–Kier alpha value is -0.860. The zero-order valence-corrected chi connectivity index (χ0v) is 11.1. The highest BCUT2D eigenvalue weighted by Gasteiger charge is 2.15. The molecule has 2 nitrogen and oxygen atoms in total. The molecule has 1 atom stereocenters. The van der Waals surface area contributed by atoms with Crippen molar-refractivity contribution in [3.8, 4) is 0 Å². The summed E-state index contributed by atoms with van der Waals surface area (Å²) in [7, 11) is 2.22. The highest BCUT2D eigenvalue weighted by atomic mass is 15.1. The van der Waals surface area contributed by atoms with Gasteiger partial charge in [0.1, 0.15) is 0 Å². The van der Waals surface area contributed by atoms with E-state index in [0.717, 1.165) is 13.0 Å². The van der Waals surface area contributed by atoms with Crippen molar-refractivity contribution in [2.24, 2.45) is 0 Å². The second kappa shape index (κ2) is 6.18. The largest absolute Gasteiger partial charge is 0.312 e. The minimum absolute atomic E-state index is 0.692. The maximum Gasteiger partial charge on any atom is 0.0195 e. The van der Waals surface area contributed by atoms with Crippen LogP contribution >= 0.6 is 0 Å². The minimum atomic E-state index is 0.692. The number of likely N-dealkylation sites (tertiary alicyclic amines) is 1. The van der Waals surface area contributed by atoms with E-state index in [4.69, 9.17) is 0 Å². The van der Waals surface area contributed by atoms with E-state index in [1.54, 1.807) is 0 Å². The normalized spacial score (nSPS) is 21.6. The Morgan fingerprint density at radius 3 is 2.94 bits per heavy atom. The molecule has 1 fully saturated rings. The number of benzene rings is 1. The Bertz CT molecular complexity index is 349. The predicted molar refractivity (Wildman–Crippen MR) is 73.4 cm³/mol. The molecule has 0 aliphatic carbocycles. The van der Waals surface area contributed by atoms with Crippen LogP contribution in [0.3, 0.4) is 0 Å². The molecule has 1 aromatic carbocycles. The molecule has 1 aromatic rings. The first-order valence-corrected chi connectivity index (χ1v) is 6.72. The summed E-state index contributed by atoms with van der Waals surface area (Å²) in [6, 6.07) is 9.38. The average molecular weight is 232 g/mol. The lowest BCUT2D eigenvalue weighted by Gasteiger charge is -2.30. The van der Waals surface area contributed by atoms with Gasteiger partial charge in [-0.1, -0.05) is 24.3 Å². The molecule has 1 N–H and O–H groups in total. The molecule has 94 valence electrons. The van der Waals surface area contributed by atoms with E-state index in [-0.39, 0.29) is 0 Å². The third-order valence-electron chi connectivity index (χ3n) is 3.71. The number of hydrogen-bond acceptors (Lipinski definition) is 2. The van der Waals surface area contributed by atoms with E-state index < -0.39 is 0 Å². The van der Waals surface area contributed by atoms with Crippen LogP contribution in [0.4, 0.5) is 0 Å². The molecule has 1 unspecified atom stereocenters. The smallest absolute Gasteiger partial charge is 0.0195 e. The fourth-order valence-corrected chi connectivity index (χ4v) is 2.63. The maximum atomic E-state index is 3.69. The molecule has 1 saturated heterocycles. The van der Waals surface area contributed by atoms with Gasteiger partial charge in [-0.3, -0.25) is 0 Å². The van der Waals surface area contributed by atoms with E-state index in [1.807, 2.05) is 0 Å². The van der Waals surface area contributed by atoms with Crippen LogP contribution in [-0.4, -0.2) is 37.6 Å².